The van der Waals surface area contributed by atoms with Crippen molar-refractivity contribution in [2.24, 2.45) is 0 Å². The molecule has 0 saturated carbocycles. The number of rotatable bonds is 4. The lowest BCUT2D eigenvalue weighted by Crippen LogP contribution is -2.11. The van der Waals surface area contributed by atoms with Gasteiger partial charge in [-0.3, -0.25) is 4.79 Å². The normalized spacial score (nSPS) is 9.94. The van der Waals surface area contributed by atoms with E-state index in [0.717, 1.165) is 13.2 Å². The van der Waals surface area contributed by atoms with Crippen molar-refractivity contribution in [1.82, 2.24) is 0 Å². The van der Waals surface area contributed by atoms with Gasteiger partial charge in [-0.15, -0.1) is 0 Å². The van der Waals surface area contributed by atoms with Crippen LogP contribution in [0.4, 0.5) is 14.5 Å². The predicted octanol–water partition coefficient (Wildman–Crippen LogP) is 1.46. The third-order valence-electron chi connectivity index (χ3n) is 2.12. The third kappa shape index (κ3) is 3.31. The van der Waals surface area contributed by atoms with E-state index >= 15 is 0 Å². The van der Waals surface area contributed by atoms with Crippen LogP contribution in [0, 0.1) is 11.3 Å². The molecule has 96 valence electrons. The summed E-state index contributed by atoms with van der Waals surface area (Å²) in [5, 5.41) is 8.89. The number of nitrogens with zero attached hydrogens (tertiary/aromatic N) is 1. The first-order valence-electron chi connectivity index (χ1n) is 4.82. The van der Waals surface area contributed by atoms with Crippen LogP contribution in [0.15, 0.2) is 12.1 Å². The van der Waals surface area contributed by atoms with Crippen molar-refractivity contribution in [3.05, 3.63) is 23.3 Å². The smallest absolute Gasteiger partial charge is 0.387 e. The van der Waals surface area contributed by atoms with E-state index in [1.807, 2.05) is 0 Å². The molecule has 0 aliphatic heterocycles. The van der Waals surface area contributed by atoms with Gasteiger partial charge in [-0.1, -0.05) is 0 Å². The van der Waals surface area contributed by atoms with Gasteiger partial charge in [0.05, 0.1) is 25.2 Å². The summed E-state index contributed by atoms with van der Waals surface area (Å²) in [6.07, 6.45) is -0.346. The lowest BCUT2D eigenvalue weighted by atomic mass is 10.0. The van der Waals surface area contributed by atoms with E-state index in [9.17, 15) is 13.6 Å². The summed E-state index contributed by atoms with van der Waals surface area (Å²) < 4.78 is 33.1. The van der Waals surface area contributed by atoms with Crippen molar-refractivity contribution in [3.8, 4) is 11.8 Å². The van der Waals surface area contributed by atoms with Crippen LogP contribution in [0.25, 0.3) is 0 Å². The Bertz CT molecular complexity index is 498. The first kappa shape index (κ1) is 13.7. The van der Waals surface area contributed by atoms with Crippen molar-refractivity contribution in [1.29, 1.82) is 5.26 Å². The Labute approximate surface area is 102 Å². The molecule has 0 amide bonds. The quantitative estimate of drug-likeness (QED) is 0.651. The van der Waals surface area contributed by atoms with Crippen molar-refractivity contribution < 1.29 is 23.0 Å². The van der Waals surface area contributed by atoms with Gasteiger partial charge in [-0.2, -0.15) is 14.0 Å². The van der Waals surface area contributed by atoms with Gasteiger partial charge in [-0.25, -0.2) is 0 Å². The zero-order valence-electron chi connectivity index (χ0n) is 9.44. The zero-order valence-corrected chi connectivity index (χ0v) is 9.44. The number of nitrogens with two attached hydrogens (primary N) is 1. The van der Waals surface area contributed by atoms with Crippen molar-refractivity contribution in [3.63, 3.8) is 0 Å². The van der Waals surface area contributed by atoms with Gasteiger partial charge < -0.3 is 15.2 Å². The van der Waals surface area contributed by atoms with Gasteiger partial charge in [0.15, 0.2) is 0 Å². The van der Waals surface area contributed by atoms with Gasteiger partial charge in [-0.05, 0) is 6.07 Å². The van der Waals surface area contributed by atoms with Crippen LogP contribution >= 0.6 is 0 Å². The molecule has 0 spiro atoms. The van der Waals surface area contributed by atoms with E-state index in [1.54, 1.807) is 6.07 Å². The summed E-state index contributed by atoms with van der Waals surface area (Å²) in [6, 6.07) is 4.17. The number of nitrogen functional groups attached to an aromatic ring is 1. The molecule has 0 radical (unpaired) electrons. The largest absolute Gasteiger partial charge is 0.469 e. The maximum absolute atomic E-state index is 12.2. The summed E-state index contributed by atoms with van der Waals surface area (Å²) in [5.41, 5.74) is 5.57. The van der Waals surface area contributed by atoms with E-state index in [2.05, 4.69) is 9.47 Å². The molecule has 2 N–H and O–H groups in total. The highest BCUT2D eigenvalue weighted by atomic mass is 19.3. The fourth-order valence-corrected chi connectivity index (χ4v) is 1.37. The average Bonchev–Trinajstić information content (AvgIpc) is 2.30. The number of alkyl halides is 2. The Morgan fingerprint density at radius 2 is 2.22 bits per heavy atom. The van der Waals surface area contributed by atoms with E-state index in [1.165, 1.54) is 6.07 Å². The Balaban J connectivity index is 3.24. The molecule has 7 heteroatoms. The van der Waals surface area contributed by atoms with Gasteiger partial charge in [0, 0.05) is 17.3 Å². The third-order valence-corrected chi connectivity index (χ3v) is 2.12. The molecular weight excluding hydrogens is 246 g/mol. The molecule has 0 heterocycles. The minimum atomic E-state index is -3.07. The zero-order chi connectivity index (χ0) is 13.7. The number of hydrogen-bond donors (Lipinski definition) is 1. The molecule has 0 aromatic heterocycles. The Morgan fingerprint density at radius 3 is 2.72 bits per heavy atom. The maximum Gasteiger partial charge on any atom is 0.387 e. The first-order chi connectivity index (χ1) is 8.47. The highest BCUT2D eigenvalue weighted by Crippen LogP contribution is 2.28. The van der Waals surface area contributed by atoms with Gasteiger partial charge in [0.25, 0.3) is 0 Å². The fraction of sp³-hybridized carbons (Fsp3) is 0.273. The Kier molecular flexibility index (Phi) is 4.43. The lowest BCUT2D eigenvalue weighted by molar-refractivity contribution is -0.139. The summed E-state index contributed by atoms with van der Waals surface area (Å²) >= 11 is 0. The topological polar surface area (TPSA) is 85.3 Å². The number of carbonyl (C=O) groups excluding carboxylic acids is 1. The molecule has 1 aromatic carbocycles. The number of anilines is 1. The molecule has 0 unspecified atom stereocenters. The lowest BCUT2D eigenvalue weighted by Gasteiger charge is -2.12. The maximum atomic E-state index is 12.2. The number of halogens is 2. The van der Waals surface area contributed by atoms with Gasteiger partial charge in [0.2, 0.25) is 0 Å². The van der Waals surface area contributed by atoms with Gasteiger partial charge >= 0.3 is 12.6 Å². The molecule has 0 bridgehead atoms. The van der Waals surface area contributed by atoms with E-state index in [0.29, 0.717) is 0 Å². The second-order valence-electron chi connectivity index (χ2n) is 3.29. The molecule has 0 atom stereocenters. The second-order valence-corrected chi connectivity index (χ2v) is 3.29. The number of nitriles is 1. The monoisotopic (exact) mass is 256 g/mol. The number of methoxy groups -OCH3 is 1. The summed E-state index contributed by atoms with van der Waals surface area (Å²) in [7, 11) is 1.15. The number of benzene rings is 1. The Morgan fingerprint density at radius 1 is 1.56 bits per heavy atom. The van der Waals surface area contributed by atoms with Crippen molar-refractivity contribution >= 4 is 11.7 Å². The van der Waals surface area contributed by atoms with E-state index < -0.39 is 12.6 Å². The van der Waals surface area contributed by atoms with Crippen molar-refractivity contribution in [2.75, 3.05) is 12.8 Å². The number of carbonyl (C=O) groups is 1. The Hall–Kier alpha value is -2.36. The van der Waals surface area contributed by atoms with Crippen LogP contribution in [0.1, 0.15) is 11.1 Å². The molecule has 0 aliphatic carbocycles. The first-order valence-corrected chi connectivity index (χ1v) is 4.82. The highest BCUT2D eigenvalue weighted by Gasteiger charge is 2.18. The molecule has 1 rings (SSSR count). The minimum absolute atomic E-state index is 0.00366. The van der Waals surface area contributed by atoms with Crippen molar-refractivity contribution in [2.45, 2.75) is 13.0 Å². The molecule has 0 aliphatic rings. The molecule has 0 fully saturated rings. The second kappa shape index (κ2) is 5.82. The number of ether oxygens (including phenoxy) is 2. The summed E-state index contributed by atoms with van der Waals surface area (Å²) in [4.78, 5) is 11.2. The van der Waals surface area contributed by atoms with Crippen LogP contribution in [0.5, 0.6) is 5.75 Å². The SMILES string of the molecule is COC(=O)Cc1c(C#N)cc(N)cc1OC(F)F. The van der Waals surface area contributed by atoms with Gasteiger partial charge in [0.1, 0.15) is 5.75 Å². The van der Waals surface area contributed by atoms with Crippen LogP contribution in [0.3, 0.4) is 0 Å². The molecule has 5 nitrogen and oxygen atoms in total. The summed E-state index contributed by atoms with van der Waals surface area (Å²) in [5.74, 6) is -0.970. The highest BCUT2D eigenvalue weighted by molar-refractivity contribution is 5.75. The van der Waals surface area contributed by atoms with Crippen LogP contribution in [-0.2, 0) is 16.0 Å². The van der Waals surface area contributed by atoms with E-state index in [4.69, 9.17) is 11.0 Å². The van der Waals surface area contributed by atoms with Crippen LogP contribution in [0.2, 0.25) is 0 Å². The van der Waals surface area contributed by atoms with Crippen LogP contribution in [-0.4, -0.2) is 19.7 Å². The predicted molar refractivity (Wildman–Crippen MR) is 57.9 cm³/mol. The number of hydrogen-bond acceptors (Lipinski definition) is 5. The molecular formula is C11H10F2N2O3. The molecule has 0 saturated heterocycles. The standard InChI is InChI=1S/C11H10F2N2O3/c1-17-10(16)4-8-6(5-14)2-7(15)3-9(8)18-11(12)13/h2-3,11H,4,15H2,1H3. The summed E-state index contributed by atoms with van der Waals surface area (Å²) in [6.45, 7) is -3.07. The number of esters is 1. The van der Waals surface area contributed by atoms with E-state index in [-0.39, 0.29) is 29.0 Å². The fourth-order valence-electron chi connectivity index (χ4n) is 1.37. The average molecular weight is 256 g/mol. The molecule has 18 heavy (non-hydrogen) atoms. The minimum Gasteiger partial charge on any atom is -0.469 e. The van der Waals surface area contributed by atoms with Crippen LogP contribution < -0.4 is 10.5 Å². The molecule has 1 aromatic rings.